The minimum atomic E-state index is 0.184. The van der Waals surface area contributed by atoms with Gasteiger partial charge in [-0.1, -0.05) is 19.1 Å². The fourth-order valence-corrected chi connectivity index (χ4v) is 3.50. The van der Waals surface area contributed by atoms with E-state index in [-0.39, 0.29) is 5.91 Å². The lowest BCUT2D eigenvalue weighted by molar-refractivity contribution is -0.676. The van der Waals surface area contributed by atoms with Gasteiger partial charge in [-0.05, 0) is 48.9 Å². The summed E-state index contributed by atoms with van der Waals surface area (Å²) in [5.74, 6) is 1.62. The first-order valence-electron chi connectivity index (χ1n) is 9.41. The molecule has 0 spiro atoms. The number of ether oxygens (including phenoxy) is 2. The number of carbonyl (C=O) groups excluding carboxylic acids is 1. The van der Waals surface area contributed by atoms with Crippen molar-refractivity contribution in [3.8, 4) is 11.5 Å². The van der Waals surface area contributed by atoms with Crippen molar-refractivity contribution in [3.05, 3.63) is 46.2 Å². The number of benzene rings is 1. The Morgan fingerprint density at radius 2 is 2.00 bits per heavy atom. The zero-order chi connectivity index (χ0) is 19.6. The Hall–Kier alpha value is -2.05. The van der Waals surface area contributed by atoms with Crippen molar-refractivity contribution >= 4 is 17.2 Å². The van der Waals surface area contributed by atoms with E-state index in [4.69, 9.17) is 9.47 Å². The number of thiophene rings is 1. The highest BCUT2D eigenvalue weighted by Gasteiger charge is 2.17. The van der Waals surface area contributed by atoms with Crippen molar-refractivity contribution in [1.29, 1.82) is 0 Å². The predicted octanol–water partition coefficient (Wildman–Crippen LogP) is 2.70. The molecule has 0 saturated heterocycles. The van der Waals surface area contributed by atoms with Gasteiger partial charge in [0.25, 0.3) is 5.91 Å². The Kier molecular flexibility index (Phi) is 8.61. The molecule has 0 fully saturated rings. The molecule has 6 heteroatoms. The van der Waals surface area contributed by atoms with Gasteiger partial charge in [0.05, 0.1) is 26.8 Å². The van der Waals surface area contributed by atoms with Gasteiger partial charge in [-0.25, -0.2) is 0 Å². The molecule has 148 valence electrons. The molecule has 27 heavy (non-hydrogen) atoms. The molecule has 1 aromatic heterocycles. The van der Waals surface area contributed by atoms with Crippen LogP contribution in [-0.4, -0.2) is 44.2 Å². The number of hydrogen-bond donors (Lipinski definition) is 1. The molecule has 0 radical (unpaired) electrons. The maximum atomic E-state index is 12.8. The largest absolute Gasteiger partial charge is 0.493 e. The first-order chi connectivity index (χ1) is 13.1. The van der Waals surface area contributed by atoms with Crippen LogP contribution in [0.15, 0.2) is 35.7 Å². The Bertz CT molecular complexity index is 703. The molecular weight excluding hydrogens is 360 g/mol. The molecule has 0 unspecified atom stereocenters. The van der Waals surface area contributed by atoms with Crippen LogP contribution >= 0.6 is 11.3 Å². The Balaban J connectivity index is 2.03. The maximum Gasteiger partial charge on any atom is 0.278 e. The zero-order valence-corrected chi connectivity index (χ0v) is 17.6. The van der Waals surface area contributed by atoms with Crippen molar-refractivity contribution in [1.82, 2.24) is 4.90 Å². The Labute approximate surface area is 166 Å². The summed E-state index contributed by atoms with van der Waals surface area (Å²) in [7, 11) is 3.27. The van der Waals surface area contributed by atoms with Gasteiger partial charge in [-0.15, -0.1) is 11.3 Å². The number of nitrogens with zero attached hydrogens (tertiary/aromatic N) is 1. The summed E-state index contributed by atoms with van der Waals surface area (Å²) in [4.78, 5) is 16.0. The molecule has 0 saturated carbocycles. The van der Waals surface area contributed by atoms with Crippen molar-refractivity contribution in [3.63, 3.8) is 0 Å². The van der Waals surface area contributed by atoms with Gasteiger partial charge in [0.15, 0.2) is 18.0 Å². The molecule has 2 N–H and O–H groups in total. The van der Waals surface area contributed by atoms with Crippen LogP contribution in [0.1, 0.15) is 30.7 Å². The number of methoxy groups -OCH3 is 2. The lowest BCUT2D eigenvalue weighted by atomic mass is 10.1. The van der Waals surface area contributed by atoms with E-state index in [1.165, 1.54) is 4.88 Å². The second kappa shape index (κ2) is 10.9. The number of nitrogens with two attached hydrogens (primary N) is 1. The molecule has 1 heterocycles. The first kappa shape index (κ1) is 21.3. The van der Waals surface area contributed by atoms with E-state index in [2.05, 4.69) is 30.6 Å². The minimum Gasteiger partial charge on any atom is -0.493 e. The lowest BCUT2D eigenvalue weighted by Gasteiger charge is -2.22. The summed E-state index contributed by atoms with van der Waals surface area (Å²) in [6, 6.07) is 10.5. The number of carbonyl (C=O) groups is 1. The van der Waals surface area contributed by atoms with Gasteiger partial charge in [0.2, 0.25) is 0 Å². The topological polar surface area (TPSA) is 55.4 Å². The van der Waals surface area contributed by atoms with E-state index >= 15 is 0 Å². The highest BCUT2D eigenvalue weighted by Crippen LogP contribution is 2.27. The molecule has 2 rings (SSSR count). The summed E-state index contributed by atoms with van der Waals surface area (Å²) in [6.07, 6.45) is 1.84. The second-order valence-electron chi connectivity index (χ2n) is 6.66. The van der Waals surface area contributed by atoms with Gasteiger partial charge in [-0.3, -0.25) is 4.79 Å². The third-order valence-corrected chi connectivity index (χ3v) is 5.60. The summed E-state index contributed by atoms with van der Waals surface area (Å²) < 4.78 is 10.7. The van der Waals surface area contributed by atoms with Gasteiger partial charge in [0.1, 0.15) is 0 Å². The standard InChI is InChI=1S/C21H30N2O3S/c1-5-16(2)22-14-21(24)23(15-18-7-6-12-27-18)11-10-17-8-9-19(25-3)20(13-17)26-4/h6-9,12-13,16,22H,5,10-11,14-15H2,1-4H3/p+1/t16-/m0/s1. The fraction of sp³-hybridized carbons (Fsp3) is 0.476. The predicted molar refractivity (Wildman–Crippen MR) is 110 cm³/mol. The third kappa shape index (κ3) is 6.56. The van der Waals surface area contributed by atoms with Crippen molar-refractivity contribution in [2.45, 2.75) is 39.3 Å². The van der Waals surface area contributed by atoms with Gasteiger partial charge in [0, 0.05) is 11.4 Å². The van der Waals surface area contributed by atoms with Crippen LogP contribution in [0, 0.1) is 0 Å². The Morgan fingerprint density at radius 1 is 1.22 bits per heavy atom. The van der Waals surface area contributed by atoms with Crippen LogP contribution in [0.2, 0.25) is 0 Å². The summed E-state index contributed by atoms with van der Waals surface area (Å²) in [5, 5.41) is 4.18. The number of hydrogen-bond acceptors (Lipinski definition) is 4. The van der Waals surface area contributed by atoms with Crippen LogP contribution in [0.25, 0.3) is 0 Å². The first-order valence-corrected chi connectivity index (χ1v) is 10.3. The molecule has 0 aliphatic carbocycles. The molecule has 0 aliphatic heterocycles. The fourth-order valence-electron chi connectivity index (χ4n) is 2.78. The van der Waals surface area contributed by atoms with Crippen molar-refractivity contribution < 1.29 is 19.6 Å². The minimum absolute atomic E-state index is 0.184. The second-order valence-corrected chi connectivity index (χ2v) is 7.69. The van der Waals surface area contributed by atoms with Crippen LogP contribution < -0.4 is 14.8 Å². The quantitative estimate of drug-likeness (QED) is 0.641. The van der Waals surface area contributed by atoms with Gasteiger partial charge in [-0.2, -0.15) is 0 Å². The smallest absolute Gasteiger partial charge is 0.278 e. The molecule has 5 nitrogen and oxygen atoms in total. The number of amides is 1. The molecular formula is C21H31N2O3S+. The zero-order valence-electron chi connectivity index (χ0n) is 16.7. The maximum absolute atomic E-state index is 12.8. The SMILES string of the molecule is CC[C@H](C)[NH2+]CC(=O)N(CCc1ccc(OC)c(OC)c1)Cc1cccs1. The normalized spacial score (nSPS) is 11.9. The van der Waals surface area contributed by atoms with Crippen LogP contribution in [-0.2, 0) is 17.8 Å². The number of rotatable bonds is 11. The third-order valence-electron chi connectivity index (χ3n) is 4.74. The van der Waals surface area contributed by atoms with Crippen LogP contribution in [0.4, 0.5) is 0 Å². The molecule has 1 atom stereocenters. The van der Waals surface area contributed by atoms with E-state index in [1.54, 1.807) is 25.6 Å². The monoisotopic (exact) mass is 391 g/mol. The average molecular weight is 392 g/mol. The number of quaternary nitrogens is 1. The van der Waals surface area contributed by atoms with E-state index < -0.39 is 0 Å². The highest BCUT2D eigenvalue weighted by molar-refractivity contribution is 7.09. The lowest BCUT2D eigenvalue weighted by Crippen LogP contribution is -2.91. The average Bonchev–Trinajstić information content (AvgIpc) is 3.21. The summed E-state index contributed by atoms with van der Waals surface area (Å²) >= 11 is 1.69. The van der Waals surface area contributed by atoms with E-state index in [0.29, 0.717) is 25.7 Å². The molecule has 1 aromatic carbocycles. The molecule has 1 amide bonds. The molecule has 0 aliphatic rings. The van der Waals surface area contributed by atoms with Gasteiger partial charge < -0.3 is 19.7 Å². The van der Waals surface area contributed by atoms with E-state index in [0.717, 1.165) is 29.9 Å². The van der Waals surface area contributed by atoms with E-state index in [1.807, 2.05) is 29.2 Å². The molecule has 0 bridgehead atoms. The summed E-state index contributed by atoms with van der Waals surface area (Å²) in [5.41, 5.74) is 1.13. The van der Waals surface area contributed by atoms with Crippen molar-refractivity contribution in [2.24, 2.45) is 0 Å². The highest BCUT2D eigenvalue weighted by atomic mass is 32.1. The molecule has 2 aromatic rings. The summed E-state index contributed by atoms with van der Waals surface area (Å²) in [6.45, 7) is 6.14. The van der Waals surface area contributed by atoms with Crippen LogP contribution in [0.5, 0.6) is 11.5 Å². The van der Waals surface area contributed by atoms with Crippen molar-refractivity contribution in [2.75, 3.05) is 27.3 Å². The van der Waals surface area contributed by atoms with E-state index in [9.17, 15) is 4.79 Å². The van der Waals surface area contributed by atoms with Crippen LogP contribution in [0.3, 0.4) is 0 Å². The Morgan fingerprint density at radius 3 is 2.63 bits per heavy atom. The van der Waals surface area contributed by atoms with Gasteiger partial charge >= 0.3 is 0 Å².